The fourth-order valence-corrected chi connectivity index (χ4v) is 1.92. The standard InChI is InChI=1S/C11H17N3O3S/c1-9-4-2-5-10(8-9)14-11(15)13-6-3-7-18(12,16)17/h2,4-5,8H,3,6-7H2,1H3,(H2,12,16,17)(H2,13,14,15). The Kier molecular flexibility index (Phi) is 5.11. The number of primary sulfonamides is 1. The number of aryl methyl sites for hydroxylation is 1. The van der Waals surface area contributed by atoms with Gasteiger partial charge in [-0.15, -0.1) is 0 Å². The summed E-state index contributed by atoms with van der Waals surface area (Å²) in [5.74, 6) is -0.141. The highest BCUT2D eigenvalue weighted by Gasteiger charge is 2.04. The first-order valence-electron chi connectivity index (χ1n) is 5.49. The van der Waals surface area contributed by atoms with E-state index in [0.717, 1.165) is 5.56 Å². The van der Waals surface area contributed by atoms with Gasteiger partial charge in [0.15, 0.2) is 0 Å². The molecule has 0 unspecified atom stereocenters. The minimum atomic E-state index is -3.46. The number of rotatable bonds is 5. The largest absolute Gasteiger partial charge is 0.338 e. The Balaban J connectivity index is 2.30. The lowest BCUT2D eigenvalue weighted by atomic mass is 10.2. The van der Waals surface area contributed by atoms with Crippen molar-refractivity contribution in [1.29, 1.82) is 0 Å². The summed E-state index contributed by atoms with van der Waals surface area (Å²) >= 11 is 0. The summed E-state index contributed by atoms with van der Waals surface area (Å²) in [6.45, 7) is 2.18. The number of carbonyl (C=O) groups excluding carboxylic acids is 1. The molecule has 1 aromatic carbocycles. The number of urea groups is 1. The van der Waals surface area contributed by atoms with E-state index >= 15 is 0 Å². The highest BCUT2D eigenvalue weighted by Crippen LogP contribution is 2.08. The summed E-state index contributed by atoms with van der Waals surface area (Å²) in [6, 6.07) is 7.01. The molecular weight excluding hydrogens is 254 g/mol. The van der Waals surface area contributed by atoms with Crippen LogP contribution in [0.25, 0.3) is 0 Å². The molecule has 2 amide bonds. The number of anilines is 1. The first kappa shape index (κ1) is 14.5. The second-order valence-electron chi connectivity index (χ2n) is 3.97. The van der Waals surface area contributed by atoms with Gasteiger partial charge >= 0.3 is 6.03 Å². The molecule has 0 aromatic heterocycles. The van der Waals surface area contributed by atoms with Crippen LogP contribution in [-0.2, 0) is 10.0 Å². The van der Waals surface area contributed by atoms with E-state index in [1.807, 2.05) is 25.1 Å². The van der Waals surface area contributed by atoms with Crippen molar-refractivity contribution >= 4 is 21.7 Å². The van der Waals surface area contributed by atoms with E-state index in [0.29, 0.717) is 12.1 Å². The van der Waals surface area contributed by atoms with Crippen LogP contribution in [0.2, 0.25) is 0 Å². The smallest absolute Gasteiger partial charge is 0.319 e. The zero-order valence-electron chi connectivity index (χ0n) is 10.1. The SMILES string of the molecule is Cc1cccc(NC(=O)NCCCS(N)(=O)=O)c1. The van der Waals surface area contributed by atoms with Crippen LogP contribution < -0.4 is 15.8 Å². The van der Waals surface area contributed by atoms with Crippen LogP contribution in [0, 0.1) is 6.92 Å². The van der Waals surface area contributed by atoms with Gasteiger partial charge < -0.3 is 10.6 Å². The summed E-state index contributed by atoms with van der Waals surface area (Å²) in [5.41, 5.74) is 1.74. The molecule has 0 bridgehead atoms. The maximum absolute atomic E-state index is 11.4. The quantitative estimate of drug-likeness (QED) is 0.690. The number of hydrogen-bond acceptors (Lipinski definition) is 3. The minimum absolute atomic E-state index is 0.141. The Morgan fingerprint density at radius 1 is 1.39 bits per heavy atom. The van der Waals surface area contributed by atoms with Crippen molar-refractivity contribution < 1.29 is 13.2 Å². The summed E-state index contributed by atoms with van der Waals surface area (Å²) in [7, 11) is -3.46. The predicted octanol–water partition coefficient (Wildman–Crippen LogP) is 0.795. The van der Waals surface area contributed by atoms with Crippen LogP contribution >= 0.6 is 0 Å². The average Bonchev–Trinajstić information content (AvgIpc) is 2.23. The van der Waals surface area contributed by atoms with E-state index in [-0.39, 0.29) is 18.3 Å². The van der Waals surface area contributed by atoms with Crippen LogP contribution in [0.5, 0.6) is 0 Å². The summed E-state index contributed by atoms with van der Waals surface area (Å²) < 4.78 is 21.3. The van der Waals surface area contributed by atoms with Crippen molar-refractivity contribution in [3.05, 3.63) is 29.8 Å². The van der Waals surface area contributed by atoms with Gasteiger partial charge in [0.05, 0.1) is 5.75 Å². The summed E-state index contributed by atoms with van der Waals surface area (Å²) in [4.78, 5) is 11.4. The molecular formula is C11H17N3O3S. The lowest BCUT2D eigenvalue weighted by Gasteiger charge is -2.07. The Morgan fingerprint density at radius 2 is 2.11 bits per heavy atom. The van der Waals surface area contributed by atoms with Gasteiger partial charge in [-0.1, -0.05) is 12.1 Å². The lowest BCUT2D eigenvalue weighted by Crippen LogP contribution is -2.31. The zero-order chi connectivity index (χ0) is 13.6. The van der Waals surface area contributed by atoms with Crippen LogP contribution in [-0.4, -0.2) is 26.7 Å². The fourth-order valence-electron chi connectivity index (χ4n) is 1.37. The number of sulfonamides is 1. The molecule has 7 heteroatoms. The maximum atomic E-state index is 11.4. The van der Waals surface area contributed by atoms with Gasteiger partial charge in [0.2, 0.25) is 10.0 Å². The molecule has 0 saturated heterocycles. The highest BCUT2D eigenvalue weighted by atomic mass is 32.2. The van der Waals surface area contributed by atoms with Gasteiger partial charge in [0.1, 0.15) is 0 Å². The van der Waals surface area contributed by atoms with E-state index < -0.39 is 10.0 Å². The Morgan fingerprint density at radius 3 is 2.72 bits per heavy atom. The lowest BCUT2D eigenvalue weighted by molar-refractivity contribution is 0.252. The predicted molar refractivity (Wildman–Crippen MR) is 70.8 cm³/mol. The maximum Gasteiger partial charge on any atom is 0.319 e. The number of benzene rings is 1. The molecule has 0 heterocycles. The van der Waals surface area contributed by atoms with Crippen molar-refractivity contribution in [1.82, 2.24) is 5.32 Å². The van der Waals surface area contributed by atoms with E-state index in [2.05, 4.69) is 10.6 Å². The van der Waals surface area contributed by atoms with Crippen molar-refractivity contribution in [2.45, 2.75) is 13.3 Å². The van der Waals surface area contributed by atoms with Crippen molar-refractivity contribution in [3.8, 4) is 0 Å². The van der Waals surface area contributed by atoms with Crippen molar-refractivity contribution in [3.63, 3.8) is 0 Å². The Hall–Kier alpha value is -1.60. The zero-order valence-corrected chi connectivity index (χ0v) is 11.0. The van der Waals surface area contributed by atoms with Crippen molar-refractivity contribution in [2.75, 3.05) is 17.6 Å². The second-order valence-corrected chi connectivity index (χ2v) is 5.70. The van der Waals surface area contributed by atoms with E-state index in [1.165, 1.54) is 0 Å². The van der Waals surface area contributed by atoms with E-state index in [9.17, 15) is 13.2 Å². The first-order chi connectivity index (χ1) is 8.37. The first-order valence-corrected chi connectivity index (χ1v) is 7.20. The molecule has 18 heavy (non-hydrogen) atoms. The number of nitrogens with one attached hydrogen (secondary N) is 2. The molecule has 1 aromatic rings. The topological polar surface area (TPSA) is 101 Å². The van der Waals surface area contributed by atoms with Crippen LogP contribution in [0.1, 0.15) is 12.0 Å². The van der Waals surface area contributed by atoms with Crippen molar-refractivity contribution in [2.24, 2.45) is 5.14 Å². The Labute approximate surface area is 107 Å². The molecule has 0 aliphatic heterocycles. The number of carbonyl (C=O) groups is 1. The minimum Gasteiger partial charge on any atom is -0.338 e. The molecule has 0 fully saturated rings. The molecule has 1 rings (SSSR count). The molecule has 100 valence electrons. The van der Waals surface area contributed by atoms with Gasteiger partial charge in [-0.3, -0.25) is 0 Å². The second kappa shape index (κ2) is 6.36. The number of amides is 2. The monoisotopic (exact) mass is 271 g/mol. The highest BCUT2D eigenvalue weighted by molar-refractivity contribution is 7.89. The third kappa shape index (κ3) is 6.21. The van der Waals surface area contributed by atoms with Gasteiger partial charge in [-0.25, -0.2) is 18.4 Å². The molecule has 0 spiro atoms. The molecule has 0 aliphatic rings. The molecule has 0 aliphatic carbocycles. The van der Waals surface area contributed by atoms with E-state index in [4.69, 9.17) is 5.14 Å². The third-order valence-electron chi connectivity index (χ3n) is 2.17. The average molecular weight is 271 g/mol. The third-order valence-corrected chi connectivity index (χ3v) is 3.02. The fraction of sp³-hybridized carbons (Fsp3) is 0.364. The molecule has 4 N–H and O–H groups in total. The Bertz CT molecular complexity index is 514. The van der Waals surface area contributed by atoms with Gasteiger partial charge in [-0.05, 0) is 31.0 Å². The van der Waals surface area contributed by atoms with Crippen LogP contribution in [0.3, 0.4) is 0 Å². The summed E-state index contributed by atoms with van der Waals surface area (Å²) in [6.07, 6.45) is 0.292. The normalized spacial score (nSPS) is 11.0. The number of hydrogen-bond donors (Lipinski definition) is 3. The van der Waals surface area contributed by atoms with Crippen LogP contribution in [0.4, 0.5) is 10.5 Å². The van der Waals surface area contributed by atoms with Gasteiger partial charge in [-0.2, -0.15) is 0 Å². The van der Waals surface area contributed by atoms with Crippen LogP contribution in [0.15, 0.2) is 24.3 Å². The van der Waals surface area contributed by atoms with Gasteiger partial charge in [0.25, 0.3) is 0 Å². The summed E-state index contributed by atoms with van der Waals surface area (Å²) in [5, 5.41) is 10.0. The number of nitrogens with two attached hydrogens (primary N) is 1. The van der Waals surface area contributed by atoms with Gasteiger partial charge in [0, 0.05) is 12.2 Å². The molecule has 0 radical (unpaired) electrons. The molecule has 0 atom stereocenters. The molecule has 6 nitrogen and oxygen atoms in total. The molecule has 0 saturated carbocycles. The van der Waals surface area contributed by atoms with E-state index in [1.54, 1.807) is 6.07 Å².